The number of nitrogen functional groups attached to an aromatic ring is 1. The lowest BCUT2D eigenvalue weighted by molar-refractivity contribution is 0.0697. The zero-order chi connectivity index (χ0) is 14.0. The molecule has 1 aliphatic rings. The number of hydrogen-bond acceptors (Lipinski definition) is 3. The number of benzene rings is 1. The Hall–Kier alpha value is -1.71. The van der Waals surface area contributed by atoms with Gasteiger partial charge in [0.1, 0.15) is 0 Å². The van der Waals surface area contributed by atoms with Crippen molar-refractivity contribution in [3.63, 3.8) is 0 Å². The summed E-state index contributed by atoms with van der Waals surface area (Å²) < 4.78 is 0. The molecular weight excluding hydrogens is 240 g/mol. The van der Waals surface area contributed by atoms with Crippen molar-refractivity contribution in [3.05, 3.63) is 23.8 Å². The third kappa shape index (κ3) is 3.00. The molecule has 0 radical (unpaired) electrons. The van der Waals surface area contributed by atoms with Gasteiger partial charge in [-0.05, 0) is 37.0 Å². The summed E-state index contributed by atoms with van der Waals surface area (Å²) in [5.41, 5.74) is 7.23. The fraction of sp³-hybridized carbons (Fsp3) is 0.533. The van der Waals surface area contributed by atoms with E-state index in [1.165, 1.54) is 12.8 Å². The third-order valence-electron chi connectivity index (χ3n) is 4.09. The van der Waals surface area contributed by atoms with E-state index < -0.39 is 5.97 Å². The summed E-state index contributed by atoms with van der Waals surface area (Å²) >= 11 is 0. The lowest BCUT2D eigenvalue weighted by atomic mass is 9.86. The Morgan fingerprint density at radius 3 is 2.79 bits per heavy atom. The van der Waals surface area contributed by atoms with Crippen LogP contribution in [0.1, 0.15) is 43.0 Å². The summed E-state index contributed by atoms with van der Waals surface area (Å²) in [7, 11) is 1.99. The van der Waals surface area contributed by atoms with Gasteiger partial charge in [0.15, 0.2) is 0 Å². The Morgan fingerprint density at radius 2 is 2.16 bits per heavy atom. The second-order valence-electron chi connectivity index (χ2n) is 5.62. The van der Waals surface area contributed by atoms with Crippen molar-refractivity contribution < 1.29 is 9.90 Å². The van der Waals surface area contributed by atoms with Gasteiger partial charge < -0.3 is 15.7 Å². The van der Waals surface area contributed by atoms with Crippen LogP contribution in [0.5, 0.6) is 0 Å². The number of carbonyl (C=O) groups is 1. The summed E-state index contributed by atoms with van der Waals surface area (Å²) in [4.78, 5) is 13.5. The van der Waals surface area contributed by atoms with E-state index in [-0.39, 0.29) is 0 Å². The molecule has 0 amide bonds. The van der Waals surface area contributed by atoms with Crippen molar-refractivity contribution in [1.82, 2.24) is 0 Å². The fourth-order valence-electron chi connectivity index (χ4n) is 2.98. The van der Waals surface area contributed by atoms with E-state index in [1.807, 2.05) is 13.1 Å². The zero-order valence-electron chi connectivity index (χ0n) is 11.6. The van der Waals surface area contributed by atoms with Crippen LogP contribution in [0.15, 0.2) is 18.2 Å². The molecule has 0 saturated heterocycles. The van der Waals surface area contributed by atoms with Gasteiger partial charge in [-0.3, -0.25) is 0 Å². The van der Waals surface area contributed by atoms with Gasteiger partial charge in [0.2, 0.25) is 0 Å². The van der Waals surface area contributed by atoms with E-state index in [4.69, 9.17) is 5.73 Å². The molecule has 1 fully saturated rings. The number of aromatic carboxylic acids is 1. The Labute approximate surface area is 114 Å². The minimum absolute atomic E-state index is 0.292. The van der Waals surface area contributed by atoms with Crippen LogP contribution in [-0.2, 0) is 0 Å². The molecule has 0 aliphatic heterocycles. The molecule has 0 heterocycles. The maximum absolute atomic E-state index is 11.3. The van der Waals surface area contributed by atoms with Crippen LogP contribution in [0.4, 0.5) is 11.4 Å². The Morgan fingerprint density at radius 1 is 1.42 bits per heavy atom. The smallest absolute Gasteiger partial charge is 0.337 e. The number of hydrogen-bond donors (Lipinski definition) is 2. The van der Waals surface area contributed by atoms with Crippen LogP contribution in [-0.4, -0.2) is 24.2 Å². The first-order chi connectivity index (χ1) is 8.99. The molecule has 2 unspecified atom stereocenters. The van der Waals surface area contributed by atoms with E-state index in [1.54, 1.807) is 12.1 Å². The lowest BCUT2D eigenvalue weighted by Crippen LogP contribution is -2.36. The van der Waals surface area contributed by atoms with E-state index in [0.29, 0.717) is 23.2 Å². The van der Waals surface area contributed by atoms with Crippen LogP contribution >= 0.6 is 0 Å². The topological polar surface area (TPSA) is 66.6 Å². The molecular formula is C15H22N2O2. The second kappa shape index (κ2) is 5.51. The zero-order valence-corrected chi connectivity index (χ0v) is 11.6. The fourth-order valence-corrected chi connectivity index (χ4v) is 2.98. The molecule has 4 nitrogen and oxygen atoms in total. The first kappa shape index (κ1) is 13.7. The van der Waals surface area contributed by atoms with Crippen LogP contribution < -0.4 is 10.6 Å². The predicted molar refractivity (Wildman–Crippen MR) is 77.6 cm³/mol. The van der Waals surface area contributed by atoms with E-state index in [2.05, 4.69) is 11.8 Å². The Kier molecular flexibility index (Phi) is 3.98. The van der Waals surface area contributed by atoms with Crippen molar-refractivity contribution in [3.8, 4) is 0 Å². The third-order valence-corrected chi connectivity index (χ3v) is 4.09. The summed E-state index contributed by atoms with van der Waals surface area (Å²) in [6.07, 6.45) is 4.75. The number of nitrogens with two attached hydrogens (primary N) is 1. The highest BCUT2D eigenvalue weighted by atomic mass is 16.4. The summed E-state index contributed by atoms with van der Waals surface area (Å²) in [6, 6.07) is 5.55. The predicted octanol–water partition coefficient (Wildman–Crippen LogP) is 2.98. The van der Waals surface area contributed by atoms with Gasteiger partial charge in [0, 0.05) is 18.8 Å². The number of carboxylic acids is 1. The molecule has 0 aromatic heterocycles. The molecule has 0 bridgehead atoms. The molecule has 1 aliphatic carbocycles. The molecule has 4 heteroatoms. The van der Waals surface area contributed by atoms with Crippen molar-refractivity contribution >= 4 is 17.3 Å². The van der Waals surface area contributed by atoms with Gasteiger partial charge in [-0.1, -0.05) is 19.8 Å². The molecule has 1 aromatic carbocycles. The molecule has 2 atom stereocenters. The van der Waals surface area contributed by atoms with Crippen LogP contribution in [0.3, 0.4) is 0 Å². The average Bonchev–Trinajstić information content (AvgIpc) is 2.37. The molecule has 104 valence electrons. The summed E-state index contributed by atoms with van der Waals surface area (Å²) in [5, 5.41) is 9.31. The maximum Gasteiger partial charge on any atom is 0.337 e. The van der Waals surface area contributed by atoms with Gasteiger partial charge in [-0.15, -0.1) is 0 Å². The minimum atomic E-state index is -0.919. The molecule has 1 aromatic rings. The standard InChI is InChI=1S/C15H22N2O2/c1-10-4-3-5-12(8-10)17(2)14-7-6-11(16)9-13(14)15(18)19/h6-7,9-10,12H,3-5,8,16H2,1-2H3,(H,18,19). The maximum atomic E-state index is 11.3. The van der Waals surface area contributed by atoms with Crippen molar-refractivity contribution in [2.75, 3.05) is 17.7 Å². The van der Waals surface area contributed by atoms with Gasteiger partial charge >= 0.3 is 5.97 Å². The van der Waals surface area contributed by atoms with E-state index in [9.17, 15) is 9.90 Å². The molecule has 0 spiro atoms. The number of rotatable bonds is 3. The summed E-state index contributed by atoms with van der Waals surface area (Å²) in [6.45, 7) is 2.26. The van der Waals surface area contributed by atoms with E-state index in [0.717, 1.165) is 18.5 Å². The highest BCUT2D eigenvalue weighted by molar-refractivity contribution is 5.95. The largest absolute Gasteiger partial charge is 0.478 e. The molecule has 3 N–H and O–H groups in total. The van der Waals surface area contributed by atoms with Gasteiger partial charge in [0.05, 0.1) is 11.3 Å². The first-order valence-electron chi connectivity index (χ1n) is 6.84. The monoisotopic (exact) mass is 262 g/mol. The quantitative estimate of drug-likeness (QED) is 0.822. The molecule has 19 heavy (non-hydrogen) atoms. The molecule has 2 rings (SSSR count). The van der Waals surface area contributed by atoms with Gasteiger partial charge in [0.25, 0.3) is 0 Å². The highest BCUT2D eigenvalue weighted by Gasteiger charge is 2.25. The average molecular weight is 262 g/mol. The minimum Gasteiger partial charge on any atom is -0.478 e. The Balaban J connectivity index is 2.27. The van der Waals surface area contributed by atoms with Crippen molar-refractivity contribution in [2.24, 2.45) is 5.92 Å². The summed E-state index contributed by atoms with van der Waals surface area (Å²) in [5.74, 6) is -0.207. The van der Waals surface area contributed by atoms with Crippen molar-refractivity contribution in [2.45, 2.75) is 38.6 Å². The van der Waals surface area contributed by atoms with Crippen LogP contribution in [0, 0.1) is 5.92 Å². The number of anilines is 2. The molecule has 1 saturated carbocycles. The SMILES string of the molecule is CC1CCCC(N(C)c2ccc(N)cc2C(=O)O)C1. The normalized spacial score (nSPS) is 23.1. The van der Waals surface area contributed by atoms with Crippen LogP contribution in [0.2, 0.25) is 0 Å². The van der Waals surface area contributed by atoms with E-state index >= 15 is 0 Å². The van der Waals surface area contributed by atoms with Crippen molar-refractivity contribution in [1.29, 1.82) is 0 Å². The van der Waals surface area contributed by atoms with Crippen LogP contribution in [0.25, 0.3) is 0 Å². The second-order valence-corrected chi connectivity index (χ2v) is 5.62. The highest BCUT2D eigenvalue weighted by Crippen LogP contribution is 2.31. The Bertz CT molecular complexity index is 473. The van der Waals surface area contributed by atoms with Gasteiger partial charge in [-0.2, -0.15) is 0 Å². The number of nitrogens with zero attached hydrogens (tertiary/aromatic N) is 1. The number of carboxylic acid groups (broad SMARTS) is 1. The lowest BCUT2D eigenvalue weighted by Gasteiger charge is -2.36. The first-order valence-corrected chi connectivity index (χ1v) is 6.84. The van der Waals surface area contributed by atoms with Gasteiger partial charge in [-0.25, -0.2) is 4.79 Å².